The molecule has 0 unspecified atom stereocenters. The number of carboxylic acid groups (broad SMARTS) is 1. The minimum absolute atomic E-state index is 0.394. The highest BCUT2D eigenvalue weighted by atomic mass is 19.4. The van der Waals surface area contributed by atoms with Gasteiger partial charge in [-0.05, 0) is 5.56 Å². The van der Waals surface area contributed by atoms with E-state index in [9.17, 15) is 26.7 Å². The van der Waals surface area contributed by atoms with Crippen molar-refractivity contribution in [1.29, 1.82) is 0 Å². The van der Waals surface area contributed by atoms with E-state index >= 15 is 0 Å². The monoisotopic (exact) mass is 270 g/mol. The van der Waals surface area contributed by atoms with Gasteiger partial charge in [-0.1, -0.05) is 0 Å². The Morgan fingerprint density at radius 1 is 1.44 bits per heavy atom. The standard InChI is InChI=1S/C9H7F5N2O2/c10-7(11)4-2-16-6(8(17)18)5(3(4)1-15)9(12,13)14/h2,7H,1,15H2,(H,17,18). The molecule has 1 aromatic rings. The van der Waals surface area contributed by atoms with E-state index in [1.165, 1.54) is 0 Å². The number of rotatable bonds is 3. The first-order valence-electron chi connectivity index (χ1n) is 4.50. The van der Waals surface area contributed by atoms with Crippen LogP contribution in [0.2, 0.25) is 0 Å². The minimum Gasteiger partial charge on any atom is -0.476 e. The lowest BCUT2D eigenvalue weighted by atomic mass is 10.0. The van der Waals surface area contributed by atoms with Gasteiger partial charge in [-0.2, -0.15) is 13.2 Å². The average Bonchev–Trinajstić information content (AvgIpc) is 2.25. The van der Waals surface area contributed by atoms with Gasteiger partial charge in [0, 0.05) is 18.3 Å². The first-order chi connectivity index (χ1) is 8.20. The molecule has 100 valence electrons. The third-order valence-electron chi connectivity index (χ3n) is 2.15. The van der Waals surface area contributed by atoms with Gasteiger partial charge in [0.15, 0.2) is 5.69 Å². The molecule has 1 rings (SSSR count). The molecule has 1 aromatic heterocycles. The molecule has 0 spiro atoms. The summed E-state index contributed by atoms with van der Waals surface area (Å²) >= 11 is 0. The molecule has 4 nitrogen and oxygen atoms in total. The van der Waals surface area contributed by atoms with Crippen LogP contribution in [0.1, 0.15) is 33.6 Å². The van der Waals surface area contributed by atoms with Gasteiger partial charge in [0.1, 0.15) is 0 Å². The summed E-state index contributed by atoms with van der Waals surface area (Å²) < 4.78 is 63.1. The number of halogens is 5. The number of carbonyl (C=O) groups is 1. The van der Waals surface area contributed by atoms with E-state index in [1.807, 2.05) is 0 Å². The topological polar surface area (TPSA) is 76.2 Å². The van der Waals surface area contributed by atoms with Crippen LogP contribution in [-0.4, -0.2) is 16.1 Å². The highest BCUT2D eigenvalue weighted by molar-refractivity contribution is 5.88. The number of aromatic carboxylic acids is 1. The van der Waals surface area contributed by atoms with Gasteiger partial charge >= 0.3 is 12.1 Å². The molecule has 0 aliphatic rings. The summed E-state index contributed by atoms with van der Waals surface area (Å²) in [5, 5.41) is 8.59. The number of carboxylic acids is 1. The van der Waals surface area contributed by atoms with Crippen LogP contribution in [0.3, 0.4) is 0 Å². The van der Waals surface area contributed by atoms with Crippen molar-refractivity contribution >= 4 is 5.97 Å². The molecule has 0 aromatic carbocycles. The second kappa shape index (κ2) is 4.84. The second-order valence-corrected chi connectivity index (χ2v) is 3.22. The van der Waals surface area contributed by atoms with Crippen LogP contribution in [-0.2, 0) is 12.7 Å². The molecule has 0 aliphatic carbocycles. The maximum Gasteiger partial charge on any atom is 0.419 e. The second-order valence-electron chi connectivity index (χ2n) is 3.22. The molecule has 9 heteroatoms. The van der Waals surface area contributed by atoms with Crippen LogP contribution >= 0.6 is 0 Å². The number of hydrogen-bond acceptors (Lipinski definition) is 3. The Bertz CT molecular complexity index is 473. The third-order valence-corrected chi connectivity index (χ3v) is 2.15. The fraction of sp³-hybridized carbons (Fsp3) is 0.333. The van der Waals surface area contributed by atoms with Gasteiger partial charge in [0.25, 0.3) is 6.43 Å². The van der Waals surface area contributed by atoms with Crippen LogP contribution in [0.5, 0.6) is 0 Å². The zero-order valence-corrected chi connectivity index (χ0v) is 8.63. The Morgan fingerprint density at radius 2 is 2.00 bits per heavy atom. The summed E-state index contributed by atoms with van der Waals surface area (Å²) in [6.07, 6.45) is -7.95. The van der Waals surface area contributed by atoms with Crippen molar-refractivity contribution in [2.75, 3.05) is 0 Å². The van der Waals surface area contributed by atoms with Crippen molar-refractivity contribution < 1.29 is 31.9 Å². The zero-order valence-electron chi connectivity index (χ0n) is 8.63. The molecule has 3 N–H and O–H groups in total. The van der Waals surface area contributed by atoms with E-state index in [1.54, 1.807) is 0 Å². The van der Waals surface area contributed by atoms with E-state index in [0.29, 0.717) is 6.20 Å². The number of hydrogen-bond donors (Lipinski definition) is 2. The SMILES string of the molecule is NCc1c(C(F)F)cnc(C(=O)O)c1C(F)(F)F. The van der Waals surface area contributed by atoms with Crippen LogP contribution < -0.4 is 5.73 Å². The van der Waals surface area contributed by atoms with Crippen molar-refractivity contribution in [3.05, 3.63) is 28.6 Å². The van der Waals surface area contributed by atoms with E-state index < -0.39 is 47.5 Å². The summed E-state index contributed by atoms with van der Waals surface area (Å²) in [6.45, 7) is -0.864. The molecule has 18 heavy (non-hydrogen) atoms. The van der Waals surface area contributed by atoms with Gasteiger partial charge in [-0.25, -0.2) is 18.6 Å². The zero-order chi connectivity index (χ0) is 14.1. The van der Waals surface area contributed by atoms with Crippen LogP contribution in [0.15, 0.2) is 6.20 Å². The smallest absolute Gasteiger partial charge is 0.419 e. The fourth-order valence-electron chi connectivity index (χ4n) is 1.44. The maximum absolute atomic E-state index is 12.7. The Hall–Kier alpha value is -1.77. The van der Waals surface area contributed by atoms with Crippen LogP contribution in [0.4, 0.5) is 22.0 Å². The van der Waals surface area contributed by atoms with Gasteiger partial charge in [-0.3, -0.25) is 0 Å². The van der Waals surface area contributed by atoms with Crippen molar-refractivity contribution in [2.45, 2.75) is 19.1 Å². The molecule has 0 bridgehead atoms. The van der Waals surface area contributed by atoms with Gasteiger partial charge in [-0.15, -0.1) is 0 Å². The van der Waals surface area contributed by atoms with E-state index in [0.717, 1.165) is 0 Å². The lowest BCUT2D eigenvalue weighted by molar-refractivity contribution is -0.139. The van der Waals surface area contributed by atoms with Gasteiger partial charge in [0.05, 0.1) is 5.56 Å². The van der Waals surface area contributed by atoms with Crippen LogP contribution in [0, 0.1) is 0 Å². The Morgan fingerprint density at radius 3 is 2.33 bits per heavy atom. The quantitative estimate of drug-likeness (QED) is 0.825. The molecule has 0 saturated carbocycles. The Kier molecular flexibility index (Phi) is 3.85. The third kappa shape index (κ3) is 2.55. The first-order valence-corrected chi connectivity index (χ1v) is 4.50. The number of nitrogens with two attached hydrogens (primary N) is 1. The summed E-state index contributed by atoms with van der Waals surface area (Å²) in [7, 11) is 0. The largest absolute Gasteiger partial charge is 0.476 e. The molecular formula is C9H7F5N2O2. The normalized spacial score (nSPS) is 11.9. The van der Waals surface area contributed by atoms with Crippen LogP contribution in [0.25, 0.3) is 0 Å². The van der Waals surface area contributed by atoms with Gasteiger partial charge < -0.3 is 10.8 Å². The van der Waals surface area contributed by atoms with Crippen molar-refractivity contribution in [1.82, 2.24) is 4.98 Å². The number of nitrogens with zero attached hydrogens (tertiary/aromatic N) is 1. The number of alkyl halides is 5. The average molecular weight is 270 g/mol. The minimum atomic E-state index is -5.12. The summed E-state index contributed by atoms with van der Waals surface area (Å²) in [4.78, 5) is 13.5. The molecule has 0 saturated heterocycles. The Labute approximate surface area is 97.2 Å². The molecule has 0 fully saturated rings. The van der Waals surface area contributed by atoms with Crippen molar-refractivity contribution in [3.8, 4) is 0 Å². The first kappa shape index (κ1) is 14.3. The predicted octanol–water partition coefficient (Wildman–Crippen LogP) is 2.19. The molecule has 0 aliphatic heterocycles. The molecule has 0 radical (unpaired) electrons. The summed E-state index contributed by atoms with van der Waals surface area (Å²) in [5.74, 6) is -1.96. The lowest BCUT2D eigenvalue weighted by Crippen LogP contribution is -2.21. The summed E-state index contributed by atoms with van der Waals surface area (Å²) in [5.41, 5.74) is -0.0385. The number of pyridine rings is 1. The molecule has 1 heterocycles. The summed E-state index contributed by atoms with van der Waals surface area (Å²) in [6, 6.07) is 0. The van der Waals surface area contributed by atoms with E-state index in [-0.39, 0.29) is 0 Å². The predicted molar refractivity (Wildman–Crippen MR) is 49.0 cm³/mol. The molecule has 0 amide bonds. The fourth-order valence-corrected chi connectivity index (χ4v) is 1.44. The lowest BCUT2D eigenvalue weighted by Gasteiger charge is -2.16. The van der Waals surface area contributed by atoms with Gasteiger partial charge in [0.2, 0.25) is 0 Å². The highest BCUT2D eigenvalue weighted by Crippen LogP contribution is 2.37. The van der Waals surface area contributed by atoms with E-state index in [2.05, 4.69) is 4.98 Å². The molecular weight excluding hydrogens is 263 g/mol. The maximum atomic E-state index is 12.7. The van der Waals surface area contributed by atoms with Crippen molar-refractivity contribution in [3.63, 3.8) is 0 Å². The van der Waals surface area contributed by atoms with E-state index in [4.69, 9.17) is 10.8 Å². The number of aromatic nitrogens is 1. The van der Waals surface area contributed by atoms with Crippen molar-refractivity contribution in [2.24, 2.45) is 5.73 Å². The Balaban J connectivity index is 3.67. The molecule has 0 atom stereocenters. The highest BCUT2D eigenvalue weighted by Gasteiger charge is 2.40.